The third kappa shape index (κ3) is 1.38. The van der Waals surface area contributed by atoms with Gasteiger partial charge in [0.15, 0.2) is 0 Å². The smallest absolute Gasteiger partial charge is 0.274 e. The highest BCUT2D eigenvalue weighted by molar-refractivity contribution is 4.90. The van der Waals surface area contributed by atoms with Crippen LogP contribution in [0.2, 0.25) is 0 Å². The Morgan fingerprint density at radius 2 is 2.60 bits per heavy atom. The van der Waals surface area contributed by atoms with Crippen LogP contribution < -0.4 is 10.9 Å². The van der Waals surface area contributed by atoms with Crippen molar-refractivity contribution in [3.8, 4) is 0 Å². The molecule has 0 aliphatic heterocycles. The number of aromatic nitrogens is 3. The molecule has 1 aromatic rings. The van der Waals surface area contributed by atoms with E-state index in [2.05, 4.69) is 20.5 Å². The number of aromatic amines is 1. The third-order valence-corrected chi connectivity index (χ3v) is 1.04. The lowest BCUT2D eigenvalue weighted by molar-refractivity contribution is 0.741. The minimum absolute atomic E-state index is 0.190. The third-order valence-electron chi connectivity index (χ3n) is 1.04. The van der Waals surface area contributed by atoms with Crippen LogP contribution in [0.25, 0.3) is 0 Å². The van der Waals surface area contributed by atoms with Gasteiger partial charge in [0.2, 0.25) is 0 Å². The Morgan fingerprint density at radius 3 is 3.20 bits per heavy atom. The summed E-state index contributed by atoms with van der Waals surface area (Å²) in [6, 6.07) is 0. The standard InChI is InChI=1S/C5H8N4O/c1-6-2-4-5(10)7-3-8-9-4/h3,6H,2H2,1H3,(H,7,8,10). The molecular weight excluding hydrogens is 132 g/mol. The van der Waals surface area contributed by atoms with Crippen molar-refractivity contribution in [1.29, 1.82) is 0 Å². The van der Waals surface area contributed by atoms with Gasteiger partial charge in [0.25, 0.3) is 5.56 Å². The fraction of sp³-hybridized carbons (Fsp3) is 0.400. The summed E-state index contributed by atoms with van der Waals surface area (Å²) >= 11 is 0. The fourth-order valence-corrected chi connectivity index (χ4v) is 0.598. The van der Waals surface area contributed by atoms with Gasteiger partial charge in [-0.25, -0.2) is 0 Å². The van der Waals surface area contributed by atoms with Gasteiger partial charge in [0, 0.05) is 6.54 Å². The fourth-order valence-electron chi connectivity index (χ4n) is 0.598. The lowest BCUT2D eigenvalue weighted by Gasteiger charge is -1.92. The first kappa shape index (κ1) is 6.88. The maximum Gasteiger partial charge on any atom is 0.274 e. The molecule has 1 aromatic heterocycles. The summed E-state index contributed by atoms with van der Waals surface area (Å²) in [5.74, 6) is 0. The van der Waals surface area contributed by atoms with Crippen LogP contribution in [0, 0.1) is 0 Å². The van der Waals surface area contributed by atoms with E-state index in [0.29, 0.717) is 12.2 Å². The Bertz CT molecular complexity index is 256. The van der Waals surface area contributed by atoms with Crippen molar-refractivity contribution in [3.63, 3.8) is 0 Å². The van der Waals surface area contributed by atoms with E-state index in [1.54, 1.807) is 7.05 Å². The van der Waals surface area contributed by atoms with Crippen LogP contribution in [-0.2, 0) is 6.54 Å². The van der Waals surface area contributed by atoms with Crippen LogP contribution in [0.1, 0.15) is 5.69 Å². The normalized spacial score (nSPS) is 9.70. The minimum Gasteiger partial charge on any atom is -0.314 e. The maximum atomic E-state index is 10.8. The van der Waals surface area contributed by atoms with Crippen LogP contribution in [0.5, 0.6) is 0 Å². The van der Waals surface area contributed by atoms with E-state index >= 15 is 0 Å². The molecule has 0 spiro atoms. The molecule has 1 rings (SSSR count). The van der Waals surface area contributed by atoms with Gasteiger partial charge in [-0.15, -0.1) is 10.2 Å². The van der Waals surface area contributed by atoms with Crippen LogP contribution in [0.3, 0.4) is 0 Å². The molecule has 5 heteroatoms. The summed E-state index contributed by atoms with van der Waals surface area (Å²) in [6.45, 7) is 0.448. The van der Waals surface area contributed by atoms with E-state index in [-0.39, 0.29) is 5.56 Å². The summed E-state index contributed by atoms with van der Waals surface area (Å²) in [6.07, 6.45) is 1.27. The molecule has 0 atom stereocenters. The molecule has 2 N–H and O–H groups in total. The lowest BCUT2D eigenvalue weighted by atomic mass is 10.5. The zero-order valence-corrected chi connectivity index (χ0v) is 5.59. The number of rotatable bonds is 2. The molecule has 0 saturated heterocycles. The SMILES string of the molecule is CNCc1nnc[nH]c1=O. The minimum atomic E-state index is -0.190. The number of nitrogens with one attached hydrogen (secondary N) is 2. The molecule has 1 heterocycles. The molecule has 54 valence electrons. The highest BCUT2D eigenvalue weighted by Gasteiger charge is 1.96. The Labute approximate surface area is 57.5 Å². The summed E-state index contributed by atoms with van der Waals surface area (Å²) in [4.78, 5) is 13.2. The van der Waals surface area contributed by atoms with Crippen molar-refractivity contribution in [2.24, 2.45) is 0 Å². The average Bonchev–Trinajstić information content (AvgIpc) is 1.94. The van der Waals surface area contributed by atoms with Crippen molar-refractivity contribution in [2.75, 3.05) is 7.05 Å². The van der Waals surface area contributed by atoms with Gasteiger partial charge in [-0.2, -0.15) is 0 Å². The Balaban J connectivity index is 2.92. The van der Waals surface area contributed by atoms with Gasteiger partial charge >= 0.3 is 0 Å². The predicted octanol–water partition coefficient (Wildman–Crippen LogP) is -1.12. The largest absolute Gasteiger partial charge is 0.314 e. The van der Waals surface area contributed by atoms with Crippen molar-refractivity contribution >= 4 is 0 Å². The highest BCUT2D eigenvalue weighted by atomic mass is 16.1. The van der Waals surface area contributed by atoms with Crippen molar-refractivity contribution in [2.45, 2.75) is 6.54 Å². The number of nitrogens with zero attached hydrogens (tertiary/aromatic N) is 2. The summed E-state index contributed by atoms with van der Waals surface area (Å²) in [5, 5.41) is 9.93. The molecule has 0 aliphatic rings. The summed E-state index contributed by atoms with van der Waals surface area (Å²) < 4.78 is 0. The number of H-pyrrole nitrogens is 1. The van der Waals surface area contributed by atoms with Gasteiger partial charge < -0.3 is 10.3 Å². The van der Waals surface area contributed by atoms with E-state index < -0.39 is 0 Å². The molecular formula is C5H8N4O. The molecule has 0 amide bonds. The molecule has 0 saturated carbocycles. The first-order valence-corrected chi connectivity index (χ1v) is 2.88. The first-order chi connectivity index (χ1) is 4.84. The number of hydrogen-bond donors (Lipinski definition) is 2. The topological polar surface area (TPSA) is 70.7 Å². The van der Waals surface area contributed by atoms with Gasteiger partial charge in [-0.1, -0.05) is 0 Å². The molecule has 0 unspecified atom stereocenters. The van der Waals surface area contributed by atoms with Gasteiger partial charge in [-0.05, 0) is 7.05 Å². The van der Waals surface area contributed by atoms with E-state index in [1.807, 2.05) is 0 Å². The second-order valence-electron chi connectivity index (χ2n) is 1.80. The van der Waals surface area contributed by atoms with E-state index in [1.165, 1.54) is 6.33 Å². The monoisotopic (exact) mass is 140 g/mol. The van der Waals surface area contributed by atoms with Gasteiger partial charge in [0.05, 0.1) is 0 Å². The van der Waals surface area contributed by atoms with E-state index in [9.17, 15) is 4.79 Å². The van der Waals surface area contributed by atoms with Gasteiger partial charge in [0.1, 0.15) is 12.0 Å². The number of hydrogen-bond acceptors (Lipinski definition) is 4. The van der Waals surface area contributed by atoms with Crippen LogP contribution in [0.15, 0.2) is 11.1 Å². The molecule has 0 fully saturated rings. The van der Waals surface area contributed by atoms with E-state index in [4.69, 9.17) is 0 Å². The summed E-state index contributed by atoms with van der Waals surface area (Å²) in [5.41, 5.74) is 0.217. The Hall–Kier alpha value is -1.23. The average molecular weight is 140 g/mol. The molecule has 0 bridgehead atoms. The molecule has 0 aliphatic carbocycles. The van der Waals surface area contributed by atoms with Crippen LogP contribution in [0.4, 0.5) is 0 Å². The quantitative estimate of drug-likeness (QED) is 0.546. The van der Waals surface area contributed by atoms with E-state index in [0.717, 1.165) is 0 Å². The predicted molar refractivity (Wildman–Crippen MR) is 35.4 cm³/mol. The second kappa shape index (κ2) is 3.07. The van der Waals surface area contributed by atoms with Crippen molar-refractivity contribution in [1.82, 2.24) is 20.5 Å². The molecule has 0 radical (unpaired) electrons. The maximum absolute atomic E-state index is 10.8. The summed E-state index contributed by atoms with van der Waals surface area (Å²) in [7, 11) is 1.74. The van der Waals surface area contributed by atoms with Crippen molar-refractivity contribution in [3.05, 3.63) is 22.4 Å². The first-order valence-electron chi connectivity index (χ1n) is 2.88. The zero-order chi connectivity index (χ0) is 7.40. The lowest BCUT2D eigenvalue weighted by Crippen LogP contribution is -2.20. The molecule has 5 nitrogen and oxygen atoms in total. The highest BCUT2D eigenvalue weighted by Crippen LogP contribution is 1.75. The Kier molecular flexibility index (Phi) is 2.11. The van der Waals surface area contributed by atoms with Crippen LogP contribution >= 0.6 is 0 Å². The zero-order valence-electron chi connectivity index (χ0n) is 5.59. The molecule has 10 heavy (non-hydrogen) atoms. The second-order valence-corrected chi connectivity index (χ2v) is 1.80. The van der Waals surface area contributed by atoms with Gasteiger partial charge in [-0.3, -0.25) is 4.79 Å². The Morgan fingerprint density at radius 1 is 1.80 bits per heavy atom. The van der Waals surface area contributed by atoms with Crippen LogP contribution in [-0.4, -0.2) is 22.2 Å². The van der Waals surface area contributed by atoms with Crippen molar-refractivity contribution < 1.29 is 0 Å². The molecule has 0 aromatic carbocycles.